The van der Waals surface area contributed by atoms with Crippen LogP contribution in [0.2, 0.25) is 5.02 Å². The van der Waals surface area contributed by atoms with Gasteiger partial charge in [-0.1, -0.05) is 89.7 Å². The van der Waals surface area contributed by atoms with Crippen LogP contribution in [0.3, 0.4) is 0 Å². The van der Waals surface area contributed by atoms with Crippen LogP contribution >= 0.6 is 22.9 Å². The van der Waals surface area contributed by atoms with Gasteiger partial charge in [0.2, 0.25) is 0 Å². The van der Waals surface area contributed by atoms with Crippen LogP contribution in [-0.4, -0.2) is 17.1 Å². The van der Waals surface area contributed by atoms with Gasteiger partial charge in [0.05, 0.1) is 22.4 Å². The molecule has 0 unspecified atom stereocenters. The van der Waals surface area contributed by atoms with Gasteiger partial charge < -0.3 is 4.74 Å². The third kappa shape index (κ3) is 4.11. The first-order valence-corrected chi connectivity index (χ1v) is 13.9. The molecule has 0 bridgehead atoms. The van der Waals surface area contributed by atoms with E-state index in [0.29, 0.717) is 31.2 Å². The Labute approximate surface area is 234 Å². The normalized spacial score (nSPS) is 15.5. The van der Waals surface area contributed by atoms with Gasteiger partial charge in [0.25, 0.3) is 5.56 Å². The Hall–Kier alpha value is -4.00. The van der Waals surface area contributed by atoms with Gasteiger partial charge in [0.1, 0.15) is 6.04 Å². The predicted molar refractivity (Wildman–Crippen MR) is 158 cm³/mol. The first kappa shape index (κ1) is 25.3. The van der Waals surface area contributed by atoms with Crippen molar-refractivity contribution < 1.29 is 9.53 Å². The molecule has 0 spiro atoms. The summed E-state index contributed by atoms with van der Waals surface area (Å²) in [6, 6.07) is 23.0. The largest absolute Gasteiger partial charge is 0.463 e. The van der Waals surface area contributed by atoms with E-state index in [1.54, 1.807) is 24.5 Å². The van der Waals surface area contributed by atoms with Crippen molar-refractivity contribution in [2.24, 2.45) is 4.99 Å². The molecule has 0 fully saturated rings. The topological polar surface area (TPSA) is 60.7 Å². The molecule has 0 saturated carbocycles. The summed E-state index contributed by atoms with van der Waals surface area (Å²) in [6.07, 6.45) is 1.96. The predicted octanol–water partition coefficient (Wildman–Crippen LogP) is 6.07. The fourth-order valence-electron chi connectivity index (χ4n) is 5.45. The second-order valence-corrected chi connectivity index (χ2v) is 10.9. The lowest BCUT2D eigenvalue weighted by molar-refractivity contribution is -0.139. The van der Waals surface area contributed by atoms with Crippen molar-refractivity contribution in [3.63, 3.8) is 0 Å². The van der Waals surface area contributed by atoms with Gasteiger partial charge in [0, 0.05) is 5.02 Å². The number of benzene rings is 4. The minimum atomic E-state index is -0.748. The van der Waals surface area contributed by atoms with Gasteiger partial charge in [-0.05, 0) is 71.1 Å². The van der Waals surface area contributed by atoms with Gasteiger partial charge in [-0.3, -0.25) is 9.36 Å². The monoisotopic (exact) mass is 552 g/mol. The van der Waals surface area contributed by atoms with Crippen LogP contribution in [0.1, 0.15) is 36.6 Å². The Morgan fingerprint density at radius 1 is 0.974 bits per heavy atom. The molecule has 1 aliphatic heterocycles. The summed E-state index contributed by atoms with van der Waals surface area (Å²) in [5, 5.41) is 4.90. The molecule has 7 heteroatoms. The van der Waals surface area contributed by atoms with Crippen LogP contribution in [0, 0.1) is 6.92 Å². The van der Waals surface area contributed by atoms with Crippen LogP contribution < -0.4 is 14.9 Å². The second kappa shape index (κ2) is 9.95. The number of allylic oxidation sites excluding steroid dienone is 1. The number of hydrogen-bond acceptors (Lipinski definition) is 5. The average molecular weight is 553 g/mol. The van der Waals surface area contributed by atoms with Gasteiger partial charge in [-0.25, -0.2) is 9.79 Å². The minimum absolute atomic E-state index is 0.211. The van der Waals surface area contributed by atoms with E-state index in [-0.39, 0.29) is 12.2 Å². The number of aromatic nitrogens is 1. The number of carbonyl (C=O) groups is 1. The van der Waals surface area contributed by atoms with Crippen LogP contribution in [0.5, 0.6) is 0 Å². The molecular weight excluding hydrogens is 528 g/mol. The Balaban J connectivity index is 1.67. The summed E-state index contributed by atoms with van der Waals surface area (Å²) in [5.41, 5.74) is 3.43. The van der Waals surface area contributed by atoms with Crippen LogP contribution in [0.25, 0.3) is 27.6 Å². The van der Waals surface area contributed by atoms with Crippen molar-refractivity contribution in [3.05, 3.63) is 125 Å². The molecule has 0 N–H and O–H groups in total. The molecular formula is C32H25ClN2O3S. The molecule has 2 heterocycles. The molecule has 5 aromatic rings. The molecule has 39 heavy (non-hydrogen) atoms. The molecule has 5 nitrogen and oxygen atoms in total. The number of esters is 1. The lowest BCUT2D eigenvalue weighted by Crippen LogP contribution is -2.40. The van der Waals surface area contributed by atoms with E-state index < -0.39 is 12.0 Å². The van der Waals surface area contributed by atoms with E-state index in [2.05, 4.69) is 31.2 Å². The smallest absolute Gasteiger partial charge is 0.338 e. The van der Waals surface area contributed by atoms with E-state index >= 15 is 0 Å². The maximum atomic E-state index is 14.1. The highest BCUT2D eigenvalue weighted by Crippen LogP contribution is 2.35. The van der Waals surface area contributed by atoms with E-state index in [9.17, 15) is 9.59 Å². The Morgan fingerprint density at radius 3 is 2.18 bits per heavy atom. The zero-order valence-corrected chi connectivity index (χ0v) is 23.3. The van der Waals surface area contributed by atoms with Crippen molar-refractivity contribution in [2.75, 3.05) is 6.61 Å². The standard InChI is InChI=1S/C32H25ClN2O3S/c1-4-38-31(37)28-19(3)34-32-35(29(28)24-15-9-10-16-26(24)33)30(36)27(39-32)17-25-22-13-7-5-11-20(22)18(2)21-12-6-8-14-23(21)25/h5-17,29H,4H2,1-3H3/b27-17+/t29-/m1/s1. The van der Waals surface area contributed by atoms with Crippen molar-refractivity contribution in [1.29, 1.82) is 0 Å². The fourth-order valence-corrected chi connectivity index (χ4v) is 6.72. The summed E-state index contributed by atoms with van der Waals surface area (Å²) in [5.74, 6) is -0.506. The molecule has 0 radical (unpaired) electrons. The van der Waals surface area contributed by atoms with Gasteiger partial charge in [-0.15, -0.1) is 0 Å². The average Bonchev–Trinajstić information content (AvgIpc) is 3.25. The highest BCUT2D eigenvalue weighted by atomic mass is 35.5. The zero-order chi connectivity index (χ0) is 27.3. The van der Waals surface area contributed by atoms with Crippen molar-refractivity contribution in [1.82, 2.24) is 4.57 Å². The van der Waals surface area contributed by atoms with Gasteiger partial charge >= 0.3 is 5.97 Å². The lowest BCUT2D eigenvalue weighted by atomic mass is 9.92. The quantitative estimate of drug-likeness (QED) is 0.201. The number of ether oxygens (including phenoxy) is 1. The molecule has 1 aliphatic rings. The van der Waals surface area contributed by atoms with Crippen molar-refractivity contribution in [2.45, 2.75) is 26.8 Å². The molecule has 0 aliphatic carbocycles. The summed E-state index contributed by atoms with van der Waals surface area (Å²) >= 11 is 7.94. The summed E-state index contributed by atoms with van der Waals surface area (Å²) in [4.78, 5) is 32.5. The lowest BCUT2D eigenvalue weighted by Gasteiger charge is -2.25. The van der Waals surface area contributed by atoms with E-state index in [4.69, 9.17) is 21.3 Å². The number of aryl methyl sites for hydroxylation is 1. The third-order valence-electron chi connectivity index (χ3n) is 7.23. The maximum absolute atomic E-state index is 14.1. The SMILES string of the molecule is CCOC(=O)C1=C(C)N=c2s/c(=C/c3c4ccccc4c(C)c4ccccc34)c(=O)n2[C@@H]1c1ccccc1Cl. The molecule has 6 rings (SSSR count). The fraction of sp³-hybridized carbons (Fsp3) is 0.156. The zero-order valence-electron chi connectivity index (χ0n) is 21.7. The highest BCUT2D eigenvalue weighted by Gasteiger charge is 2.34. The molecule has 194 valence electrons. The molecule has 0 saturated heterocycles. The minimum Gasteiger partial charge on any atom is -0.463 e. The first-order valence-electron chi connectivity index (χ1n) is 12.7. The summed E-state index contributed by atoms with van der Waals surface area (Å²) < 4.78 is 7.50. The van der Waals surface area contributed by atoms with Gasteiger partial charge in [0.15, 0.2) is 4.80 Å². The molecule has 0 amide bonds. The van der Waals surface area contributed by atoms with Crippen LogP contribution in [0.4, 0.5) is 0 Å². The Kier molecular flexibility index (Phi) is 6.45. The number of thiazole rings is 1. The molecule has 4 aromatic carbocycles. The second-order valence-electron chi connectivity index (χ2n) is 9.45. The highest BCUT2D eigenvalue weighted by molar-refractivity contribution is 7.07. The van der Waals surface area contributed by atoms with E-state index in [1.165, 1.54) is 16.9 Å². The maximum Gasteiger partial charge on any atom is 0.338 e. The Morgan fingerprint density at radius 2 is 1.56 bits per heavy atom. The number of hydrogen-bond donors (Lipinski definition) is 0. The van der Waals surface area contributed by atoms with Crippen LogP contribution in [-0.2, 0) is 9.53 Å². The number of carbonyl (C=O) groups excluding carboxylic acids is 1. The summed E-state index contributed by atoms with van der Waals surface area (Å²) in [6.45, 7) is 5.87. The first-order chi connectivity index (χ1) is 18.9. The number of fused-ring (bicyclic) bond motifs is 3. The van der Waals surface area contributed by atoms with E-state index in [0.717, 1.165) is 27.1 Å². The number of rotatable bonds is 4. The van der Waals surface area contributed by atoms with Crippen molar-refractivity contribution in [3.8, 4) is 0 Å². The molecule has 1 atom stereocenters. The third-order valence-corrected chi connectivity index (χ3v) is 8.56. The van der Waals surface area contributed by atoms with E-state index in [1.807, 2.05) is 48.5 Å². The Bertz CT molecular complexity index is 1960. The van der Waals surface area contributed by atoms with Crippen LogP contribution in [0.15, 0.2) is 93.9 Å². The van der Waals surface area contributed by atoms with Crippen molar-refractivity contribution >= 4 is 56.5 Å². The van der Waals surface area contributed by atoms with Gasteiger partial charge in [-0.2, -0.15) is 0 Å². The number of nitrogens with zero attached hydrogens (tertiary/aromatic N) is 2. The summed E-state index contributed by atoms with van der Waals surface area (Å²) in [7, 11) is 0. The number of halogens is 1. The molecule has 1 aromatic heterocycles.